The number of carbonyl (C=O) groups excluding carboxylic acids is 1. The van der Waals surface area contributed by atoms with Crippen LogP contribution in [0, 0.1) is 6.92 Å². The molecule has 27 heavy (non-hydrogen) atoms. The Morgan fingerprint density at radius 3 is 2.48 bits per heavy atom. The topological polar surface area (TPSA) is 101 Å². The Bertz CT molecular complexity index is 782. The summed E-state index contributed by atoms with van der Waals surface area (Å²) < 4.78 is 10.4. The number of amides is 2. The molecule has 0 atom stereocenters. The van der Waals surface area contributed by atoms with Gasteiger partial charge in [-0.25, -0.2) is 14.8 Å². The molecule has 9 nitrogen and oxygen atoms in total. The first-order chi connectivity index (χ1) is 12.9. The smallest absolute Gasteiger partial charge is 0.319 e. The van der Waals surface area contributed by atoms with Crippen molar-refractivity contribution in [2.24, 2.45) is 0 Å². The molecule has 0 spiro atoms. The Hall–Kier alpha value is -3.23. The SMILES string of the molecule is COc1ccc(NC(=O)NCCNc2cc(N(C)C)nc(C)n2)cc1OC. The molecule has 1 aromatic heterocycles. The second-order valence-corrected chi connectivity index (χ2v) is 5.93. The van der Waals surface area contributed by atoms with Crippen molar-refractivity contribution in [1.82, 2.24) is 15.3 Å². The average molecular weight is 374 g/mol. The Kier molecular flexibility index (Phi) is 7.04. The van der Waals surface area contributed by atoms with Gasteiger partial charge in [0, 0.05) is 45.0 Å². The summed E-state index contributed by atoms with van der Waals surface area (Å²) in [6.45, 7) is 2.80. The van der Waals surface area contributed by atoms with E-state index in [0.717, 1.165) is 5.82 Å². The standard InChI is InChI=1S/C18H26N6O3/c1-12-21-16(11-17(22-12)24(2)3)19-8-9-20-18(25)23-13-6-7-14(26-4)15(10-13)27-5/h6-7,10-11H,8-9H2,1-5H3,(H,19,21,22)(H2,20,23,25). The number of urea groups is 1. The predicted octanol–water partition coefficient (Wildman–Crippen LogP) is 2.10. The molecular weight excluding hydrogens is 348 g/mol. The van der Waals surface area contributed by atoms with Crippen LogP contribution >= 0.6 is 0 Å². The molecular formula is C18H26N6O3. The molecule has 0 aliphatic rings. The van der Waals surface area contributed by atoms with Gasteiger partial charge in [0.25, 0.3) is 0 Å². The Morgan fingerprint density at radius 2 is 1.81 bits per heavy atom. The van der Waals surface area contributed by atoms with Crippen molar-refractivity contribution in [3.63, 3.8) is 0 Å². The summed E-state index contributed by atoms with van der Waals surface area (Å²) in [4.78, 5) is 22.6. The van der Waals surface area contributed by atoms with E-state index in [1.807, 2.05) is 32.0 Å². The number of carbonyl (C=O) groups is 1. The molecule has 0 aliphatic carbocycles. The number of hydrogen-bond donors (Lipinski definition) is 3. The summed E-state index contributed by atoms with van der Waals surface area (Å²) in [6, 6.07) is 6.72. The number of nitrogens with one attached hydrogen (secondary N) is 3. The van der Waals surface area contributed by atoms with Gasteiger partial charge in [0.15, 0.2) is 11.5 Å². The minimum Gasteiger partial charge on any atom is -0.493 e. The molecule has 0 aliphatic heterocycles. The molecule has 2 aromatic rings. The molecule has 146 valence electrons. The van der Waals surface area contributed by atoms with Crippen LogP contribution in [0.4, 0.5) is 22.1 Å². The second-order valence-electron chi connectivity index (χ2n) is 5.93. The maximum Gasteiger partial charge on any atom is 0.319 e. The summed E-state index contributed by atoms with van der Waals surface area (Å²) in [5.41, 5.74) is 0.611. The van der Waals surface area contributed by atoms with Gasteiger partial charge < -0.3 is 30.3 Å². The molecule has 0 saturated heterocycles. The van der Waals surface area contributed by atoms with E-state index in [1.165, 1.54) is 0 Å². The van der Waals surface area contributed by atoms with Crippen LogP contribution in [0.25, 0.3) is 0 Å². The number of aryl methyl sites for hydroxylation is 1. The van der Waals surface area contributed by atoms with Gasteiger partial charge >= 0.3 is 6.03 Å². The van der Waals surface area contributed by atoms with Gasteiger partial charge in [-0.15, -0.1) is 0 Å². The number of benzene rings is 1. The lowest BCUT2D eigenvalue weighted by atomic mass is 10.3. The van der Waals surface area contributed by atoms with Crippen molar-refractivity contribution in [3.05, 3.63) is 30.1 Å². The second kappa shape index (κ2) is 9.46. The third-order valence-electron chi connectivity index (χ3n) is 3.64. The van der Waals surface area contributed by atoms with E-state index in [-0.39, 0.29) is 6.03 Å². The Morgan fingerprint density at radius 1 is 1.07 bits per heavy atom. The highest BCUT2D eigenvalue weighted by Crippen LogP contribution is 2.29. The first-order valence-corrected chi connectivity index (χ1v) is 8.46. The summed E-state index contributed by atoms with van der Waals surface area (Å²) in [6.07, 6.45) is 0. The van der Waals surface area contributed by atoms with Crippen molar-refractivity contribution in [3.8, 4) is 11.5 Å². The van der Waals surface area contributed by atoms with Crippen molar-refractivity contribution in [1.29, 1.82) is 0 Å². The number of rotatable bonds is 8. The van der Waals surface area contributed by atoms with Crippen LogP contribution in [0.3, 0.4) is 0 Å². The van der Waals surface area contributed by atoms with E-state index in [2.05, 4.69) is 25.9 Å². The molecule has 2 rings (SSSR count). The third kappa shape index (κ3) is 5.91. The normalized spacial score (nSPS) is 10.1. The molecule has 9 heteroatoms. The molecule has 0 unspecified atom stereocenters. The Labute approximate surface area is 159 Å². The van der Waals surface area contributed by atoms with E-state index in [4.69, 9.17) is 9.47 Å². The monoisotopic (exact) mass is 374 g/mol. The van der Waals surface area contributed by atoms with Crippen LogP contribution in [0.1, 0.15) is 5.82 Å². The fraction of sp³-hybridized carbons (Fsp3) is 0.389. The molecule has 3 N–H and O–H groups in total. The maximum absolute atomic E-state index is 12.0. The van der Waals surface area contributed by atoms with E-state index in [9.17, 15) is 4.79 Å². The van der Waals surface area contributed by atoms with E-state index < -0.39 is 0 Å². The molecule has 0 fully saturated rings. The van der Waals surface area contributed by atoms with E-state index in [0.29, 0.717) is 41.9 Å². The van der Waals surface area contributed by atoms with Crippen molar-refractivity contribution in [2.45, 2.75) is 6.92 Å². The maximum atomic E-state index is 12.0. The van der Waals surface area contributed by atoms with Gasteiger partial charge in [0.2, 0.25) is 0 Å². The zero-order valence-electron chi connectivity index (χ0n) is 16.3. The van der Waals surface area contributed by atoms with Crippen LogP contribution in [-0.4, -0.2) is 57.4 Å². The predicted molar refractivity (Wildman–Crippen MR) is 106 cm³/mol. The lowest BCUT2D eigenvalue weighted by Gasteiger charge is -2.14. The van der Waals surface area contributed by atoms with Crippen LogP contribution in [0.2, 0.25) is 0 Å². The minimum absolute atomic E-state index is 0.308. The number of hydrogen-bond acceptors (Lipinski definition) is 7. The number of aromatic nitrogens is 2. The van der Waals surface area contributed by atoms with Crippen molar-refractivity contribution < 1.29 is 14.3 Å². The number of methoxy groups -OCH3 is 2. The van der Waals surface area contributed by atoms with Crippen LogP contribution < -0.4 is 30.3 Å². The fourth-order valence-corrected chi connectivity index (χ4v) is 2.33. The molecule has 2 amide bonds. The highest BCUT2D eigenvalue weighted by atomic mass is 16.5. The van der Waals surface area contributed by atoms with Crippen molar-refractivity contribution >= 4 is 23.4 Å². The minimum atomic E-state index is -0.308. The summed E-state index contributed by atoms with van der Waals surface area (Å²) in [5, 5.41) is 8.71. The zero-order valence-corrected chi connectivity index (χ0v) is 16.3. The molecule has 0 radical (unpaired) electrons. The van der Waals surface area contributed by atoms with Gasteiger partial charge in [-0.1, -0.05) is 0 Å². The summed E-state index contributed by atoms with van der Waals surface area (Å²) in [5.74, 6) is 3.37. The highest BCUT2D eigenvalue weighted by molar-refractivity contribution is 5.89. The molecule has 0 saturated carbocycles. The summed E-state index contributed by atoms with van der Waals surface area (Å²) >= 11 is 0. The highest BCUT2D eigenvalue weighted by Gasteiger charge is 2.07. The molecule has 1 heterocycles. The number of nitrogens with zero attached hydrogens (tertiary/aromatic N) is 3. The third-order valence-corrected chi connectivity index (χ3v) is 3.64. The number of anilines is 3. The van der Waals surface area contributed by atoms with E-state index >= 15 is 0 Å². The first-order valence-electron chi connectivity index (χ1n) is 8.46. The fourth-order valence-electron chi connectivity index (χ4n) is 2.33. The molecule has 1 aromatic carbocycles. The lowest BCUT2D eigenvalue weighted by molar-refractivity contribution is 0.252. The average Bonchev–Trinajstić information content (AvgIpc) is 2.64. The largest absolute Gasteiger partial charge is 0.493 e. The van der Waals surface area contributed by atoms with E-state index in [1.54, 1.807) is 32.4 Å². The van der Waals surface area contributed by atoms with Crippen LogP contribution in [-0.2, 0) is 0 Å². The Balaban J connectivity index is 1.81. The van der Waals surface area contributed by atoms with Crippen LogP contribution in [0.5, 0.6) is 11.5 Å². The lowest BCUT2D eigenvalue weighted by Crippen LogP contribution is -2.32. The van der Waals surface area contributed by atoms with Gasteiger partial charge in [-0.05, 0) is 19.1 Å². The van der Waals surface area contributed by atoms with Gasteiger partial charge in [0.05, 0.1) is 14.2 Å². The quantitative estimate of drug-likeness (QED) is 0.608. The van der Waals surface area contributed by atoms with Crippen molar-refractivity contribution in [2.75, 3.05) is 56.9 Å². The number of ether oxygens (including phenoxy) is 2. The summed E-state index contributed by atoms with van der Waals surface area (Å²) in [7, 11) is 6.95. The molecule has 0 bridgehead atoms. The van der Waals surface area contributed by atoms with Gasteiger partial charge in [-0.3, -0.25) is 0 Å². The van der Waals surface area contributed by atoms with Crippen LogP contribution in [0.15, 0.2) is 24.3 Å². The van der Waals surface area contributed by atoms with Gasteiger partial charge in [0.1, 0.15) is 17.5 Å². The zero-order chi connectivity index (χ0) is 19.8. The van der Waals surface area contributed by atoms with Gasteiger partial charge in [-0.2, -0.15) is 0 Å². The first kappa shape index (κ1) is 20.1.